The number of likely N-dealkylation sites (tertiary alicyclic amines) is 1. The lowest BCUT2D eigenvalue weighted by Gasteiger charge is -2.27. The summed E-state index contributed by atoms with van der Waals surface area (Å²) in [5, 5.41) is 12.2. The second-order valence-corrected chi connectivity index (χ2v) is 8.27. The van der Waals surface area contributed by atoms with Gasteiger partial charge in [0.15, 0.2) is 5.13 Å². The molecule has 1 fully saturated rings. The fraction of sp³-hybridized carbons (Fsp3) is 0.500. The number of amides is 3. The van der Waals surface area contributed by atoms with E-state index in [1.54, 1.807) is 10.4 Å². The fourth-order valence-electron chi connectivity index (χ4n) is 3.68. The van der Waals surface area contributed by atoms with Crippen LogP contribution in [0.4, 0.5) is 5.13 Å². The Hall–Kier alpha value is -2.52. The summed E-state index contributed by atoms with van der Waals surface area (Å²) in [7, 11) is 0. The van der Waals surface area contributed by atoms with Gasteiger partial charge >= 0.3 is 0 Å². The van der Waals surface area contributed by atoms with Gasteiger partial charge in [-0.1, -0.05) is 43.2 Å². The Morgan fingerprint density at radius 1 is 1.34 bits per heavy atom. The quantitative estimate of drug-likeness (QED) is 0.451. The lowest BCUT2D eigenvalue weighted by Crippen LogP contribution is -2.46. The summed E-state index contributed by atoms with van der Waals surface area (Å²) in [4.78, 5) is 43.6. The SMILES string of the molecule is CCCC[C@H](CC(=O)NO)C(=O)N1CCC[C@H]1C(=O)Nc1nc2ccccc2s1. The third-order valence-corrected chi connectivity index (χ3v) is 6.13. The fourth-order valence-corrected chi connectivity index (χ4v) is 4.55. The number of aromatic nitrogens is 1. The Bertz CT molecular complexity index is 851. The predicted octanol–water partition coefficient (Wildman–Crippen LogP) is 2.93. The maximum Gasteiger partial charge on any atom is 0.248 e. The first kappa shape index (κ1) is 21.2. The molecule has 9 heteroatoms. The Morgan fingerprint density at radius 2 is 2.14 bits per heavy atom. The molecular formula is C20H26N4O4S. The minimum Gasteiger partial charge on any atom is -0.330 e. The van der Waals surface area contributed by atoms with E-state index < -0.39 is 17.9 Å². The lowest BCUT2D eigenvalue weighted by atomic mass is 9.96. The van der Waals surface area contributed by atoms with E-state index in [0.29, 0.717) is 24.5 Å². The van der Waals surface area contributed by atoms with Crippen molar-refractivity contribution in [3.63, 3.8) is 0 Å². The number of hydrogen-bond acceptors (Lipinski definition) is 6. The van der Waals surface area contributed by atoms with Crippen LogP contribution in [0, 0.1) is 5.92 Å². The minimum absolute atomic E-state index is 0.0853. The molecule has 1 aromatic heterocycles. The number of benzene rings is 1. The molecule has 0 saturated carbocycles. The van der Waals surface area contributed by atoms with Gasteiger partial charge in [0.1, 0.15) is 6.04 Å². The van der Waals surface area contributed by atoms with Gasteiger partial charge in [-0.05, 0) is 31.4 Å². The van der Waals surface area contributed by atoms with Crippen LogP contribution in [0.25, 0.3) is 10.2 Å². The van der Waals surface area contributed by atoms with Gasteiger partial charge in [0.25, 0.3) is 0 Å². The van der Waals surface area contributed by atoms with E-state index >= 15 is 0 Å². The van der Waals surface area contributed by atoms with Crippen LogP contribution in [0.15, 0.2) is 24.3 Å². The van der Waals surface area contributed by atoms with Crippen molar-refractivity contribution in [2.24, 2.45) is 5.92 Å². The summed E-state index contributed by atoms with van der Waals surface area (Å²) in [5.41, 5.74) is 2.42. The molecule has 29 heavy (non-hydrogen) atoms. The second kappa shape index (κ2) is 9.80. The van der Waals surface area contributed by atoms with Crippen molar-refractivity contribution in [2.75, 3.05) is 11.9 Å². The van der Waals surface area contributed by atoms with Crippen LogP contribution < -0.4 is 10.8 Å². The van der Waals surface area contributed by atoms with Gasteiger partial charge in [0, 0.05) is 18.9 Å². The van der Waals surface area contributed by atoms with Crippen molar-refractivity contribution in [1.29, 1.82) is 0 Å². The Morgan fingerprint density at radius 3 is 2.86 bits per heavy atom. The van der Waals surface area contributed by atoms with E-state index in [1.165, 1.54) is 11.3 Å². The van der Waals surface area contributed by atoms with Crippen LogP contribution in [0.3, 0.4) is 0 Å². The van der Waals surface area contributed by atoms with Gasteiger partial charge in [0.2, 0.25) is 17.7 Å². The highest BCUT2D eigenvalue weighted by Crippen LogP contribution is 2.28. The van der Waals surface area contributed by atoms with Gasteiger partial charge < -0.3 is 10.2 Å². The van der Waals surface area contributed by atoms with Crippen LogP contribution in [0.1, 0.15) is 45.4 Å². The van der Waals surface area contributed by atoms with Crippen molar-refractivity contribution < 1.29 is 19.6 Å². The first-order chi connectivity index (χ1) is 14.0. The van der Waals surface area contributed by atoms with Crippen LogP contribution in [-0.2, 0) is 14.4 Å². The number of para-hydroxylation sites is 1. The molecule has 3 N–H and O–H groups in total. The number of hydroxylamine groups is 1. The first-order valence-corrected chi connectivity index (χ1v) is 10.7. The zero-order valence-electron chi connectivity index (χ0n) is 16.4. The number of nitrogens with zero attached hydrogens (tertiary/aromatic N) is 2. The average Bonchev–Trinajstić information content (AvgIpc) is 3.36. The average molecular weight is 419 g/mol. The molecule has 0 spiro atoms. The van der Waals surface area contributed by atoms with E-state index in [1.807, 2.05) is 31.2 Å². The zero-order chi connectivity index (χ0) is 20.8. The van der Waals surface area contributed by atoms with Gasteiger partial charge in [-0.3, -0.25) is 19.6 Å². The number of nitrogens with one attached hydrogen (secondary N) is 2. The van der Waals surface area contributed by atoms with E-state index in [9.17, 15) is 14.4 Å². The van der Waals surface area contributed by atoms with Gasteiger partial charge in [-0.2, -0.15) is 0 Å². The number of fused-ring (bicyclic) bond motifs is 1. The van der Waals surface area contributed by atoms with Crippen LogP contribution in [0.2, 0.25) is 0 Å². The smallest absolute Gasteiger partial charge is 0.248 e. The van der Waals surface area contributed by atoms with Gasteiger partial charge in [0.05, 0.1) is 10.2 Å². The Labute approximate surface area is 173 Å². The van der Waals surface area contributed by atoms with Gasteiger partial charge in [-0.25, -0.2) is 10.5 Å². The van der Waals surface area contributed by atoms with Crippen molar-refractivity contribution in [2.45, 2.75) is 51.5 Å². The second-order valence-electron chi connectivity index (χ2n) is 7.24. The monoisotopic (exact) mass is 418 g/mol. The lowest BCUT2D eigenvalue weighted by molar-refractivity contribution is -0.143. The van der Waals surface area contributed by atoms with Crippen molar-refractivity contribution >= 4 is 44.4 Å². The molecule has 2 heterocycles. The summed E-state index contributed by atoms with van der Waals surface area (Å²) in [6, 6.07) is 7.07. The summed E-state index contributed by atoms with van der Waals surface area (Å²) < 4.78 is 0.983. The van der Waals surface area contributed by atoms with E-state index in [4.69, 9.17) is 5.21 Å². The molecule has 0 bridgehead atoms. The maximum absolute atomic E-state index is 13.1. The summed E-state index contributed by atoms with van der Waals surface area (Å²) in [5.74, 6) is -1.59. The first-order valence-electron chi connectivity index (χ1n) is 9.93. The molecule has 0 unspecified atom stereocenters. The molecule has 1 aliphatic rings. The topological polar surface area (TPSA) is 112 Å². The summed E-state index contributed by atoms with van der Waals surface area (Å²) in [6.45, 7) is 2.50. The highest BCUT2D eigenvalue weighted by Gasteiger charge is 2.37. The molecule has 3 amide bonds. The molecule has 1 aliphatic heterocycles. The summed E-state index contributed by atoms with van der Waals surface area (Å²) >= 11 is 1.40. The summed E-state index contributed by atoms with van der Waals surface area (Å²) in [6.07, 6.45) is 3.46. The molecule has 0 radical (unpaired) electrons. The molecule has 1 saturated heterocycles. The van der Waals surface area contributed by atoms with Crippen molar-refractivity contribution in [3.05, 3.63) is 24.3 Å². The van der Waals surface area contributed by atoms with E-state index in [-0.39, 0.29) is 18.2 Å². The number of hydrogen-bond donors (Lipinski definition) is 3. The molecule has 2 atom stereocenters. The number of anilines is 1. The number of unbranched alkanes of at least 4 members (excludes halogenated alkanes) is 1. The zero-order valence-corrected chi connectivity index (χ0v) is 17.2. The Kier molecular flexibility index (Phi) is 7.16. The number of carbonyl (C=O) groups excluding carboxylic acids is 3. The molecule has 1 aromatic carbocycles. The van der Waals surface area contributed by atoms with E-state index in [0.717, 1.165) is 29.5 Å². The predicted molar refractivity (Wildman–Crippen MR) is 111 cm³/mol. The van der Waals surface area contributed by atoms with Crippen LogP contribution in [0.5, 0.6) is 0 Å². The van der Waals surface area contributed by atoms with Crippen LogP contribution >= 0.6 is 11.3 Å². The number of rotatable bonds is 8. The molecular weight excluding hydrogens is 392 g/mol. The van der Waals surface area contributed by atoms with Crippen molar-refractivity contribution in [1.82, 2.24) is 15.4 Å². The largest absolute Gasteiger partial charge is 0.330 e. The number of carbonyl (C=O) groups is 3. The highest BCUT2D eigenvalue weighted by atomic mass is 32.1. The number of thiazole rings is 1. The third-order valence-electron chi connectivity index (χ3n) is 5.17. The standard InChI is InChI=1S/C20H26N4O4S/c1-2-3-7-13(12-17(25)23-28)19(27)24-11-6-9-15(24)18(26)22-20-21-14-8-4-5-10-16(14)29-20/h4-5,8,10,13,15,28H,2-3,6-7,9,11-12H2,1H3,(H,23,25)(H,21,22,26)/t13-,15+/m1/s1. The van der Waals surface area contributed by atoms with E-state index in [2.05, 4.69) is 10.3 Å². The normalized spacial score (nSPS) is 17.3. The molecule has 3 rings (SSSR count). The van der Waals surface area contributed by atoms with Crippen molar-refractivity contribution in [3.8, 4) is 0 Å². The highest BCUT2D eigenvalue weighted by molar-refractivity contribution is 7.22. The molecule has 2 aromatic rings. The molecule has 0 aliphatic carbocycles. The van der Waals surface area contributed by atoms with Gasteiger partial charge in [-0.15, -0.1) is 0 Å². The molecule has 8 nitrogen and oxygen atoms in total. The minimum atomic E-state index is -0.589. The molecule has 156 valence electrons. The maximum atomic E-state index is 13.1. The third kappa shape index (κ3) is 5.10. The Balaban J connectivity index is 1.70. The van der Waals surface area contributed by atoms with Crippen LogP contribution in [-0.4, -0.2) is 45.4 Å².